The van der Waals surface area contributed by atoms with E-state index < -0.39 is 0 Å². The van der Waals surface area contributed by atoms with Crippen LogP contribution in [0.3, 0.4) is 0 Å². The molecule has 0 bridgehead atoms. The van der Waals surface area contributed by atoms with Crippen molar-refractivity contribution >= 4 is 33.5 Å². The van der Waals surface area contributed by atoms with Crippen LogP contribution in [0.5, 0.6) is 0 Å². The standard InChI is InChI=1S/C8H9BrO2S/c1-12-5-4-6(10)7-2-3-8(9)11-7/h2-3H,4-5H2,1H3. The Morgan fingerprint density at radius 1 is 1.67 bits per heavy atom. The molecule has 0 saturated carbocycles. The molecule has 0 radical (unpaired) electrons. The Kier molecular flexibility index (Phi) is 3.88. The Morgan fingerprint density at radius 3 is 2.92 bits per heavy atom. The third kappa shape index (κ3) is 2.68. The van der Waals surface area contributed by atoms with Gasteiger partial charge in [-0.15, -0.1) is 0 Å². The summed E-state index contributed by atoms with van der Waals surface area (Å²) in [6.45, 7) is 0. The first-order valence-electron chi connectivity index (χ1n) is 3.51. The van der Waals surface area contributed by atoms with Gasteiger partial charge in [0.2, 0.25) is 0 Å². The average molecular weight is 249 g/mol. The van der Waals surface area contributed by atoms with Crippen molar-refractivity contribution in [3.63, 3.8) is 0 Å². The Labute approximate surface area is 83.8 Å². The van der Waals surface area contributed by atoms with Gasteiger partial charge >= 0.3 is 0 Å². The SMILES string of the molecule is CSCCC(=O)c1ccc(Br)o1. The largest absolute Gasteiger partial charge is 0.446 e. The molecule has 0 aliphatic carbocycles. The summed E-state index contributed by atoms with van der Waals surface area (Å²) in [6.07, 6.45) is 2.52. The number of hydrogen-bond donors (Lipinski definition) is 0. The Hall–Kier alpha value is -0.220. The molecule has 0 aliphatic heterocycles. The highest BCUT2D eigenvalue weighted by Crippen LogP contribution is 2.15. The van der Waals surface area contributed by atoms with Crippen molar-refractivity contribution < 1.29 is 9.21 Å². The smallest absolute Gasteiger partial charge is 0.198 e. The molecule has 0 atom stereocenters. The number of hydrogen-bond acceptors (Lipinski definition) is 3. The summed E-state index contributed by atoms with van der Waals surface area (Å²) in [6, 6.07) is 3.42. The third-order valence-electron chi connectivity index (χ3n) is 1.38. The number of halogens is 1. The number of carbonyl (C=O) groups excluding carboxylic acids is 1. The first-order valence-corrected chi connectivity index (χ1v) is 5.70. The maximum atomic E-state index is 11.3. The normalized spacial score (nSPS) is 10.2. The lowest BCUT2D eigenvalue weighted by Gasteiger charge is -1.93. The van der Waals surface area contributed by atoms with Gasteiger partial charge in [0, 0.05) is 12.2 Å². The summed E-state index contributed by atoms with van der Waals surface area (Å²) in [5, 5.41) is 0. The molecule has 1 aromatic rings. The second kappa shape index (κ2) is 4.72. The molecule has 66 valence electrons. The number of thioether (sulfide) groups is 1. The van der Waals surface area contributed by atoms with Gasteiger partial charge in [0.25, 0.3) is 0 Å². The minimum atomic E-state index is 0.0649. The molecule has 1 heterocycles. The predicted octanol–water partition coefficient (Wildman–Crippen LogP) is 2.98. The van der Waals surface area contributed by atoms with Gasteiger partial charge in [0.15, 0.2) is 16.2 Å². The summed E-state index contributed by atoms with van der Waals surface area (Å²) >= 11 is 4.80. The van der Waals surface area contributed by atoms with Gasteiger partial charge in [-0.1, -0.05) is 0 Å². The van der Waals surface area contributed by atoms with Crippen LogP contribution in [0.4, 0.5) is 0 Å². The van der Waals surface area contributed by atoms with Crippen LogP contribution in [0.15, 0.2) is 21.2 Å². The molecule has 0 unspecified atom stereocenters. The maximum Gasteiger partial charge on any atom is 0.198 e. The Morgan fingerprint density at radius 2 is 2.42 bits per heavy atom. The lowest BCUT2D eigenvalue weighted by Crippen LogP contribution is -1.97. The highest BCUT2D eigenvalue weighted by molar-refractivity contribution is 9.10. The quantitative estimate of drug-likeness (QED) is 0.768. The summed E-state index contributed by atoms with van der Waals surface area (Å²) in [5.74, 6) is 1.35. The molecule has 0 amide bonds. The Balaban J connectivity index is 2.53. The van der Waals surface area contributed by atoms with E-state index in [-0.39, 0.29) is 5.78 Å². The van der Waals surface area contributed by atoms with Crippen LogP contribution in [0.2, 0.25) is 0 Å². The lowest BCUT2D eigenvalue weighted by atomic mass is 10.2. The molecular formula is C8H9BrO2S. The summed E-state index contributed by atoms with van der Waals surface area (Å²) in [7, 11) is 0. The minimum Gasteiger partial charge on any atom is -0.446 e. The lowest BCUT2D eigenvalue weighted by molar-refractivity contribution is 0.0961. The van der Waals surface area contributed by atoms with Crippen LogP contribution in [0.1, 0.15) is 17.0 Å². The van der Waals surface area contributed by atoms with E-state index in [2.05, 4.69) is 15.9 Å². The van der Waals surface area contributed by atoms with Gasteiger partial charge in [-0.05, 0) is 34.3 Å². The van der Waals surface area contributed by atoms with Gasteiger partial charge in [-0.3, -0.25) is 4.79 Å². The molecule has 4 heteroatoms. The summed E-state index contributed by atoms with van der Waals surface area (Å²) in [5.41, 5.74) is 0. The number of Topliss-reactive ketones (excluding diaryl/α,β-unsaturated/α-hetero) is 1. The first-order chi connectivity index (χ1) is 5.74. The molecule has 0 saturated heterocycles. The zero-order chi connectivity index (χ0) is 8.97. The van der Waals surface area contributed by atoms with E-state index in [9.17, 15) is 4.79 Å². The van der Waals surface area contributed by atoms with Crippen molar-refractivity contribution in [3.8, 4) is 0 Å². The number of rotatable bonds is 4. The van der Waals surface area contributed by atoms with Crippen molar-refractivity contribution in [3.05, 3.63) is 22.6 Å². The summed E-state index contributed by atoms with van der Waals surface area (Å²) < 4.78 is 5.71. The van der Waals surface area contributed by atoms with Crippen LogP contribution in [-0.2, 0) is 0 Å². The fraction of sp³-hybridized carbons (Fsp3) is 0.375. The predicted molar refractivity (Wildman–Crippen MR) is 53.7 cm³/mol. The van der Waals surface area contributed by atoms with Crippen LogP contribution in [0.25, 0.3) is 0 Å². The fourth-order valence-corrected chi connectivity index (χ4v) is 1.48. The van der Waals surface area contributed by atoms with Gasteiger partial charge in [-0.25, -0.2) is 0 Å². The molecule has 0 aliphatic rings. The number of ketones is 1. The highest BCUT2D eigenvalue weighted by Gasteiger charge is 2.08. The molecule has 1 rings (SSSR count). The van der Waals surface area contributed by atoms with Gasteiger partial charge in [-0.2, -0.15) is 11.8 Å². The van der Waals surface area contributed by atoms with Crippen molar-refractivity contribution in [2.75, 3.05) is 12.0 Å². The summed E-state index contributed by atoms with van der Waals surface area (Å²) in [4.78, 5) is 11.3. The van der Waals surface area contributed by atoms with E-state index >= 15 is 0 Å². The molecule has 0 spiro atoms. The fourth-order valence-electron chi connectivity index (χ4n) is 0.782. The Bertz CT molecular complexity index is 270. The first kappa shape index (κ1) is 9.86. The van der Waals surface area contributed by atoms with Crippen LogP contribution in [-0.4, -0.2) is 17.8 Å². The van der Waals surface area contributed by atoms with Crippen molar-refractivity contribution in [1.29, 1.82) is 0 Å². The molecule has 0 N–H and O–H groups in total. The van der Waals surface area contributed by atoms with Crippen molar-refractivity contribution in [2.45, 2.75) is 6.42 Å². The van der Waals surface area contributed by atoms with Crippen LogP contribution in [0, 0.1) is 0 Å². The van der Waals surface area contributed by atoms with Gasteiger partial charge in [0.05, 0.1) is 0 Å². The number of furan rings is 1. The third-order valence-corrected chi connectivity index (χ3v) is 2.42. The van der Waals surface area contributed by atoms with Crippen molar-refractivity contribution in [1.82, 2.24) is 0 Å². The molecule has 12 heavy (non-hydrogen) atoms. The van der Waals surface area contributed by atoms with Crippen molar-refractivity contribution in [2.24, 2.45) is 0 Å². The maximum absolute atomic E-state index is 11.3. The minimum absolute atomic E-state index is 0.0649. The molecule has 1 aromatic heterocycles. The van der Waals surface area contributed by atoms with E-state index in [4.69, 9.17) is 4.42 Å². The van der Waals surface area contributed by atoms with E-state index in [0.29, 0.717) is 16.9 Å². The zero-order valence-corrected chi connectivity index (χ0v) is 9.07. The van der Waals surface area contributed by atoms with E-state index in [1.54, 1.807) is 23.9 Å². The van der Waals surface area contributed by atoms with E-state index in [1.807, 2.05) is 6.26 Å². The van der Waals surface area contributed by atoms with Gasteiger partial charge in [0.1, 0.15) is 0 Å². The van der Waals surface area contributed by atoms with E-state index in [1.165, 1.54) is 0 Å². The van der Waals surface area contributed by atoms with Crippen LogP contribution >= 0.6 is 27.7 Å². The second-order valence-electron chi connectivity index (χ2n) is 2.27. The monoisotopic (exact) mass is 248 g/mol. The number of carbonyl (C=O) groups is 1. The molecular weight excluding hydrogens is 240 g/mol. The highest BCUT2D eigenvalue weighted by atomic mass is 79.9. The van der Waals surface area contributed by atoms with E-state index in [0.717, 1.165) is 5.75 Å². The van der Waals surface area contributed by atoms with Crippen LogP contribution < -0.4 is 0 Å². The average Bonchev–Trinajstić information content (AvgIpc) is 2.47. The molecule has 0 aromatic carbocycles. The second-order valence-corrected chi connectivity index (χ2v) is 4.04. The molecule has 0 fully saturated rings. The molecule has 2 nitrogen and oxygen atoms in total. The zero-order valence-electron chi connectivity index (χ0n) is 6.67. The van der Waals surface area contributed by atoms with Gasteiger partial charge < -0.3 is 4.42 Å². The topological polar surface area (TPSA) is 30.2 Å².